The molecule has 2 atom stereocenters. The molecule has 0 radical (unpaired) electrons. The SMILES string of the molecule is OCC1CCCN1CC1CCCN1CC#Cc1ccccc1Cl. The van der Waals surface area contributed by atoms with Crippen LogP contribution in [-0.2, 0) is 0 Å². The predicted molar refractivity (Wildman–Crippen MR) is 94.6 cm³/mol. The Balaban J connectivity index is 1.56. The third-order valence-electron chi connectivity index (χ3n) is 5.03. The maximum absolute atomic E-state index is 9.48. The Labute approximate surface area is 144 Å². The molecule has 1 aromatic carbocycles. The van der Waals surface area contributed by atoms with Gasteiger partial charge in [-0.2, -0.15) is 0 Å². The number of halogens is 1. The van der Waals surface area contributed by atoms with Crippen LogP contribution in [0, 0.1) is 11.8 Å². The highest BCUT2D eigenvalue weighted by Gasteiger charge is 2.30. The molecule has 124 valence electrons. The largest absolute Gasteiger partial charge is 0.395 e. The van der Waals surface area contributed by atoms with Crippen LogP contribution in [0.3, 0.4) is 0 Å². The van der Waals surface area contributed by atoms with Crippen molar-refractivity contribution in [3.8, 4) is 11.8 Å². The van der Waals surface area contributed by atoms with Crippen LogP contribution in [0.4, 0.5) is 0 Å². The fourth-order valence-corrected chi connectivity index (χ4v) is 3.90. The number of aliphatic hydroxyl groups excluding tert-OH is 1. The second-order valence-corrected chi connectivity index (χ2v) is 6.93. The first-order valence-corrected chi connectivity index (χ1v) is 8.98. The summed E-state index contributed by atoms with van der Waals surface area (Å²) in [4.78, 5) is 4.95. The van der Waals surface area contributed by atoms with Crippen LogP contribution in [0.5, 0.6) is 0 Å². The van der Waals surface area contributed by atoms with Crippen molar-refractivity contribution in [3.05, 3.63) is 34.9 Å². The molecule has 0 bridgehead atoms. The van der Waals surface area contributed by atoms with Crippen molar-refractivity contribution in [2.24, 2.45) is 0 Å². The lowest BCUT2D eigenvalue weighted by Gasteiger charge is -2.30. The average molecular weight is 333 g/mol. The molecular formula is C19H25ClN2O. The number of nitrogens with zero attached hydrogens (tertiary/aromatic N) is 2. The van der Waals surface area contributed by atoms with Crippen LogP contribution in [0.2, 0.25) is 5.02 Å². The third kappa shape index (κ3) is 4.28. The lowest BCUT2D eigenvalue weighted by molar-refractivity contribution is 0.127. The second-order valence-electron chi connectivity index (χ2n) is 6.52. The van der Waals surface area contributed by atoms with E-state index in [-0.39, 0.29) is 0 Å². The highest BCUT2D eigenvalue weighted by atomic mass is 35.5. The van der Waals surface area contributed by atoms with E-state index in [2.05, 4.69) is 21.6 Å². The van der Waals surface area contributed by atoms with Gasteiger partial charge in [-0.05, 0) is 50.9 Å². The molecule has 3 nitrogen and oxygen atoms in total. The van der Waals surface area contributed by atoms with Gasteiger partial charge in [-0.25, -0.2) is 0 Å². The lowest BCUT2D eigenvalue weighted by Crippen LogP contribution is -2.43. The van der Waals surface area contributed by atoms with Gasteiger partial charge in [0, 0.05) is 24.2 Å². The Morgan fingerprint density at radius 1 is 1.09 bits per heavy atom. The van der Waals surface area contributed by atoms with Crippen molar-refractivity contribution in [1.82, 2.24) is 9.80 Å². The van der Waals surface area contributed by atoms with Crippen molar-refractivity contribution in [2.45, 2.75) is 37.8 Å². The highest BCUT2D eigenvalue weighted by Crippen LogP contribution is 2.23. The minimum atomic E-state index is 0.291. The van der Waals surface area contributed by atoms with Gasteiger partial charge in [0.1, 0.15) is 0 Å². The van der Waals surface area contributed by atoms with E-state index in [0.29, 0.717) is 18.7 Å². The molecule has 2 saturated heterocycles. The molecular weight excluding hydrogens is 308 g/mol. The zero-order valence-corrected chi connectivity index (χ0v) is 14.3. The van der Waals surface area contributed by atoms with Crippen molar-refractivity contribution < 1.29 is 5.11 Å². The zero-order valence-electron chi connectivity index (χ0n) is 13.5. The van der Waals surface area contributed by atoms with Crippen molar-refractivity contribution in [2.75, 3.05) is 32.8 Å². The summed E-state index contributed by atoms with van der Waals surface area (Å²) in [6, 6.07) is 8.68. The van der Waals surface area contributed by atoms with Gasteiger partial charge in [0.25, 0.3) is 0 Å². The van der Waals surface area contributed by atoms with Gasteiger partial charge in [0.15, 0.2) is 0 Å². The van der Waals surface area contributed by atoms with Crippen molar-refractivity contribution in [1.29, 1.82) is 0 Å². The van der Waals surface area contributed by atoms with Gasteiger partial charge in [-0.1, -0.05) is 35.6 Å². The normalized spacial score (nSPS) is 25.5. The first-order valence-electron chi connectivity index (χ1n) is 8.60. The molecule has 0 spiro atoms. The number of hydrogen-bond donors (Lipinski definition) is 1. The number of aliphatic hydroxyl groups is 1. The molecule has 3 rings (SSSR count). The van der Waals surface area contributed by atoms with Crippen LogP contribution >= 0.6 is 11.6 Å². The van der Waals surface area contributed by atoms with Gasteiger partial charge in [-0.3, -0.25) is 9.80 Å². The van der Waals surface area contributed by atoms with E-state index < -0.39 is 0 Å². The number of likely N-dealkylation sites (tertiary alicyclic amines) is 2. The van der Waals surface area contributed by atoms with E-state index in [1.165, 1.54) is 19.3 Å². The van der Waals surface area contributed by atoms with Gasteiger partial charge in [0.05, 0.1) is 18.2 Å². The summed E-state index contributed by atoms with van der Waals surface area (Å²) in [7, 11) is 0. The third-order valence-corrected chi connectivity index (χ3v) is 5.36. The van der Waals surface area contributed by atoms with Crippen LogP contribution in [0.25, 0.3) is 0 Å². The Bertz CT molecular complexity index is 580. The van der Waals surface area contributed by atoms with Crippen LogP contribution in [-0.4, -0.2) is 59.8 Å². The Hall–Kier alpha value is -1.05. The molecule has 1 N–H and O–H groups in total. The summed E-state index contributed by atoms with van der Waals surface area (Å²) in [5, 5.41) is 10.2. The summed E-state index contributed by atoms with van der Waals surface area (Å²) in [6.07, 6.45) is 4.83. The van der Waals surface area contributed by atoms with E-state index in [1.807, 2.05) is 24.3 Å². The molecule has 0 saturated carbocycles. The van der Waals surface area contributed by atoms with Crippen molar-refractivity contribution >= 4 is 11.6 Å². The minimum absolute atomic E-state index is 0.291. The van der Waals surface area contributed by atoms with Crippen LogP contribution in [0.15, 0.2) is 24.3 Å². The van der Waals surface area contributed by atoms with Gasteiger partial charge in [-0.15, -0.1) is 0 Å². The molecule has 1 aromatic rings. The maximum atomic E-state index is 9.48. The first kappa shape index (κ1) is 16.8. The lowest BCUT2D eigenvalue weighted by atomic mass is 10.2. The molecule has 0 amide bonds. The van der Waals surface area contributed by atoms with E-state index in [9.17, 15) is 5.11 Å². The summed E-state index contributed by atoms with van der Waals surface area (Å²) >= 11 is 6.15. The van der Waals surface area contributed by atoms with Gasteiger partial charge in [0.2, 0.25) is 0 Å². The molecule has 2 fully saturated rings. The van der Waals surface area contributed by atoms with Gasteiger partial charge >= 0.3 is 0 Å². The predicted octanol–water partition coefficient (Wildman–Crippen LogP) is 2.61. The first-order chi connectivity index (χ1) is 11.3. The van der Waals surface area contributed by atoms with Gasteiger partial charge < -0.3 is 5.11 Å². The molecule has 4 heteroatoms. The summed E-state index contributed by atoms with van der Waals surface area (Å²) in [5.74, 6) is 6.48. The summed E-state index contributed by atoms with van der Waals surface area (Å²) in [5.41, 5.74) is 0.907. The Kier molecular flexibility index (Phi) is 5.96. The smallest absolute Gasteiger partial charge is 0.0608 e. The van der Waals surface area contributed by atoms with E-state index in [4.69, 9.17) is 11.6 Å². The number of rotatable bonds is 4. The quantitative estimate of drug-likeness (QED) is 0.859. The summed E-state index contributed by atoms with van der Waals surface area (Å²) in [6.45, 7) is 4.41. The average Bonchev–Trinajstić information content (AvgIpc) is 3.19. The minimum Gasteiger partial charge on any atom is -0.395 e. The van der Waals surface area contributed by atoms with E-state index in [1.54, 1.807) is 0 Å². The fraction of sp³-hybridized carbons (Fsp3) is 0.579. The van der Waals surface area contributed by atoms with Crippen LogP contribution < -0.4 is 0 Å². The standard InChI is InChI=1S/C19H25ClN2O/c20-19-10-2-1-6-16(19)7-3-11-21-12-4-8-17(21)14-22-13-5-9-18(22)15-23/h1-2,6,10,17-18,23H,4-5,8-9,11-15H2. The van der Waals surface area contributed by atoms with Crippen molar-refractivity contribution in [3.63, 3.8) is 0 Å². The molecule has 0 aliphatic carbocycles. The van der Waals surface area contributed by atoms with E-state index in [0.717, 1.165) is 43.2 Å². The summed E-state index contributed by atoms with van der Waals surface area (Å²) < 4.78 is 0. The fourth-order valence-electron chi connectivity index (χ4n) is 3.72. The molecule has 23 heavy (non-hydrogen) atoms. The molecule has 2 aliphatic heterocycles. The second kappa shape index (κ2) is 8.17. The highest BCUT2D eigenvalue weighted by molar-refractivity contribution is 6.31. The number of hydrogen-bond acceptors (Lipinski definition) is 3. The zero-order chi connectivity index (χ0) is 16.1. The van der Waals surface area contributed by atoms with E-state index >= 15 is 0 Å². The molecule has 2 aliphatic rings. The molecule has 0 aromatic heterocycles. The topological polar surface area (TPSA) is 26.7 Å². The molecule has 2 unspecified atom stereocenters. The number of benzene rings is 1. The monoisotopic (exact) mass is 332 g/mol. The maximum Gasteiger partial charge on any atom is 0.0608 e. The van der Waals surface area contributed by atoms with Crippen LogP contribution in [0.1, 0.15) is 31.2 Å². The Morgan fingerprint density at radius 2 is 1.83 bits per heavy atom. The Morgan fingerprint density at radius 3 is 2.61 bits per heavy atom. The molecule has 2 heterocycles.